The summed E-state index contributed by atoms with van der Waals surface area (Å²) < 4.78 is 4.91. The zero-order valence-corrected chi connectivity index (χ0v) is 8.80. The van der Waals surface area contributed by atoms with Gasteiger partial charge in [0.15, 0.2) is 0 Å². The second kappa shape index (κ2) is 5.19. The van der Waals surface area contributed by atoms with Gasteiger partial charge < -0.3 is 14.9 Å². The lowest BCUT2D eigenvalue weighted by atomic mass is 10.0. The van der Waals surface area contributed by atoms with Gasteiger partial charge in [0.2, 0.25) is 0 Å². The van der Waals surface area contributed by atoms with Crippen LogP contribution >= 0.6 is 0 Å². The number of carboxylic acids is 1. The standard InChI is InChI=1S/C12H12O4/c1-3-9(13)6-8-4-5-11(16-2)10(7-8)12(14)15/h1,4-5,7,9,13H,6H2,2H3,(H,14,15)/t9-/m1/s1. The molecule has 0 aliphatic heterocycles. The second-order valence-electron chi connectivity index (χ2n) is 3.23. The fourth-order valence-corrected chi connectivity index (χ4v) is 1.33. The van der Waals surface area contributed by atoms with E-state index in [0.717, 1.165) is 0 Å². The summed E-state index contributed by atoms with van der Waals surface area (Å²) in [5, 5.41) is 18.2. The molecule has 0 radical (unpaired) electrons. The Bertz CT molecular complexity index is 431. The van der Waals surface area contributed by atoms with E-state index in [1.54, 1.807) is 12.1 Å². The Morgan fingerprint density at radius 3 is 2.81 bits per heavy atom. The van der Waals surface area contributed by atoms with Gasteiger partial charge in [0.1, 0.15) is 17.4 Å². The molecule has 1 rings (SSSR count). The van der Waals surface area contributed by atoms with Gasteiger partial charge in [-0.1, -0.05) is 12.0 Å². The molecule has 1 aromatic carbocycles. The van der Waals surface area contributed by atoms with E-state index in [2.05, 4.69) is 5.92 Å². The number of benzene rings is 1. The number of methoxy groups -OCH3 is 1. The van der Waals surface area contributed by atoms with Crippen LogP contribution in [-0.2, 0) is 6.42 Å². The first kappa shape index (κ1) is 12.1. The minimum Gasteiger partial charge on any atom is -0.496 e. The highest BCUT2D eigenvalue weighted by atomic mass is 16.5. The molecule has 0 heterocycles. The van der Waals surface area contributed by atoms with E-state index in [-0.39, 0.29) is 17.7 Å². The van der Waals surface area contributed by atoms with E-state index in [0.29, 0.717) is 5.56 Å². The number of terminal acetylenes is 1. The molecule has 0 aliphatic carbocycles. The number of hydrogen-bond acceptors (Lipinski definition) is 3. The summed E-state index contributed by atoms with van der Waals surface area (Å²) >= 11 is 0. The third kappa shape index (κ3) is 2.75. The zero-order valence-electron chi connectivity index (χ0n) is 8.80. The monoisotopic (exact) mass is 220 g/mol. The molecule has 84 valence electrons. The van der Waals surface area contributed by atoms with E-state index >= 15 is 0 Å². The molecule has 0 saturated heterocycles. The van der Waals surface area contributed by atoms with Gasteiger partial charge in [-0.3, -0.25) is 0 Å². The van der Waals surface area contributed by atoms with Crippen LogP contribution in [0.2, 0.25) is 0 Å². The number of aliphatic hydroxyl groups is 1. The molecule has 0 amide bonds. The van der Waals surface area contributed by atoms with Crippen molar-refractivity contribution < 1.29 is 19.7 Å². The summed E-state index contributed by atoms with van der Waals surface area (Å²) in [5.74, 6) is 1.38. The van der Waals surface area contributed by atoms with Crippen molar-refractivity contribution >= 4 is 5.97 Å². The Morgan fingerprint density at radius 1 is 1.62 bits per heavy atom. The van der Waals surface area contributed by atoms with Crippen molar-refractivity contribution in [3.8, 4) is 18.1 Å². The van der Waals surface area contributed by atoms with Crippen LogP contribution in [0.5, 0.6) is 5.75 Å². The van der Waals surface area contributed by atoms with Crippen molar-refractivity contribution in [3.05, 3.63) is 29.3 Å². The smallest absolute Gasteiger partial charge is 0.339 e. The molecule has 2 N–H and O–H groups in total. The van der Waals surface area contributed by atoms with Crippen LogP contribution in [-0.4, -0.2) is 29.4 Å². The highest BCUT2D eigenvalue weighted by molar-refractivity contribution is 5.91. The Balaban J connectivity index is 3.03. The zero-order chi connectivity index (χ0) is 12.1. The Morgan fingerprint density at radius 2 is 2.31 bits per heavy atom. The highest BCUT2D eigenvalue weighted by Gasteiger charge is 2.12. The van der Waals surface area contributed by atoms with Gasteiger partial charge in [-0.15, -0.1) is 6.42 Å². The molecule has 0 spiro atoms. The molecule has 0 aliphatic rings. The molecular weight excluding hydrogens is 208 g/mol. The first-order valence-corrected chi connectivity index (χ1v) is 4.63. The van der Waals surface area contributed by atoms with Crippen molar-refractivity contribution in [1.29, 1.82) is 0 Å². The number of hydrogen-bond donors (Lipinski definition) is 2. The Labute approximate surface area is 93.5 Å². The molecule has 16 heavy (non-hydrogen) atoms. The molecule has 1 atom stereocenters. The number of ether oxygens (including phenoxy) is 1. The highest BCUT2D eigenvalue weighted by Crippen LogP contribution is 2.20. The lowest BCUT2D eigenvalue weighted by Crippen LogP contribution is -2.08. The van der Waals surface area contributed by atoms with Gasteiger partial charge >= 0.3 is 5.97 Å². The summed E-state index contributed by atoms with van der Waals surface area (Å²) in [6.45, 7) is 0. The molecule has 4 nitrogen and oxygen atoms in total. The Hall–Kier alpha value is -1.99. The molecule has 0 bridgehead atoms. The molecule has 0 saturated carbocycles. The van der Waals surface area contributed by atoms with Crippen LogP contribution in [0.3, 0.4) is 0 Å². The minimum atomic E-state index is -1.08. The predicted molar refractivity (Wildman–Crippen MR) is 58.5 cm³/mol. The molecule has 0 fully saturated rings. The first-order chi connectivity index (χ1) is 7.58. The van der Waals surface area contributed by atoms with E-state index in [1.807, 2.05) is 0 Å². The van der Waals surface area contributed by atoms with E-state index in [4.69, 9.17) is 16.3 Å². The van der Waals surface area contributed by atoms with E-state index in [1.165, 1.54) is 13.2 Å². The lowest BCUT2D eigenvalue weighted by molar-refractivity contribution is 0.0693. The second-order valence-corrected chi connectivity index (χ2v) is 3.23. The van der Waals surface area contributed by atoms with Crippen LogP contribution in [0.15, 0.2) is 18.2 Å². The number of rotatable bonds is 4. The van der Waals surface area contributed by atoms with Gasteiger partial charge in [-0.2, -0.15) is 0 Å². The SMILES string of the molecule is C#C[C@@H](O)Cc1ccc(OC)c(C(=O)O)c1. The van der Waals surface area contributed by atoms with Crippen molar-refractivity contribution in [1.82, 2.24) is 0 Å². The average Bonchev–Trinajstić information content (AvgIpc) is 2.28. The summed E-state index contributed by atoms with van der Waals surface area (Å²) in [4.78, 5) is 10.9. The summed E-state index contributed by atoms with van der Waals surface area (Å²) in [6, 6.07) is 4.66. The van der Waals surface area contributed by atoms with Gasteiger partial charge in [0, 0.05) is 6.42 Å². The van der Waals surface area contributed by atoms with E-state index < -0.39 is 12.1 Å². The number of carboxylic acid groups (broad SMARTS) is 1. The van der Waals surface area contributed by atoms with Crippen LogP contribution < -0.4 is 4.74 Å². The lowest BCUT2D eigenvalue weighted by Gasteiger charge is -2.08. The quantitative estimate of drug-likeness (QED) is 0.741. The van der Waals surface area contributed by atoms with Gasteiger partial charge in [-0.25, -0.2) is 4.79 Å². The van der Waals surface area contributed by atoms with Crippen molar-refractivity contribution in [3.63, 3.8) is 0 Å². The van der Waals surface area contributed by atoms with Gasteiger partial charge in [0.05, 0.1) is 7.11 Å². The van der Waals surface area contributed by atoms with Crippen LogP contribution in [0.25, 0.3) is 0 Å². The van der Waals surface area contributed by atoms with Crippen LogP contribution in [0, 0.1) is 12.3 Å². The Kier molecular flexibility index (Phi) is 3.92. The van der Waals surface area contributed by atoms with Gasteiger partial charge in [0.25, 0.3) is 0 Å². The fraction of sp³-hybridized carbons (Fsp3) is 0.250. The number of aromatic carboxylic acids is 1. The molecule has 4 heteroatoms. The topological polar surface area (TPSA) is 66.8 Å². The average molecular weight is 220 g/mol. The minimum absolute atomic E-state index is 0.0595. The van der Waals surface area contributed by atoms with Crippen molar-refractivity contribution in [2.75, 3.05) is 7.11 Å². The third-order valence-electron chi connectivity index (χ3n) is 2.12. The summed E-state index contributed by atoms with van der Waals surface area (Å²) in [5.41, 5.74) is 0.716. The maximum Gasteiger partial charge on any atom is 0.339 e. The maximum atomic E-state index is 10.9. The van der Waals surface area contributed by atoms with Crippen molar-refractivity contribution in [2.45, 2.75) is 12.5 Å². The van der Waals surface area contributed by atoms with Crippen LogP contribution in [0.1, 0.15) is 15.9 Å². The number of carbonyl (C=O) groups is 1. The number of aliphatic hydroxyl groups excluding tert-OH is 1. The predicted octanol–water partition coefficient (Wildman–Crippen LogP) is 0.930. The summed E-state index contributed by atoms with van der Waals surface area (Å²) in [6.07, 6.45) is 4.35. The first-order valence-electron chi connectivity index (χ1n) is 4.63. The molecular formula is C12H12O4. The van der Waals surface area contributed by atoms with Crippen LogP contribution in [0.4, 0.5) is 0 Å². The van der Waals surface area contributed by atoms with E-state index in [9.17, 15) is 9.90 Å². The largest absolute Gasteiger partial charge is 0.496 e. The molecule has 0 unspecified atom stereocenters. The third-order valence-corrected chi connectivity index (χ3v) is 2.12. The van der Waals surface area contributed by atoms with Crippen molar-refractivity contribution in [2.24, 2.45) is 0 Å². The normalized spacial score (nSPS) is 11.6. The molecule has 1 aromatic rings. The molecule has 0 aromatic heterocycles. The maximum absolute atomic E-state index is 10.9. The summed E-state index contributed by atoms with van der Waals surface area (Å²) in [7, 11) is 1.40. The fourth-order valence-electron chi connectivity index (χ4n) is 1.33. The van der Waals surface area contributed by atoms with Gasteiger partial charge in [-0.05, 0) is 17.7 Å².